The van der Waals surface area contributed by atoms with Crippen molar-refractivity contribution in [3.63, 3.8) is 0 Å². The van der Waals surface area contributed by atoms with E-state index in [0.717, 1.165) is 28.1 Å². The summed E-state index contributed by atoms with van der Waals surface area (Å²) in [6, 6.07) is 17.6. The molecule has 0 bridgehead atoms. The van der Waals surface area contributed by atoms with Crippen LogP contribution in [-0.4, -0.2) is 21.4 Å². The number of rotatable bonds is 7. The number of nitrogens with two attached hydrogens (primary N) is 1. The maximum absolute atomic E-state index is 12.8. The number of nitrogen functional groups attached to an aromatic ring is 1. The Labute approximate surface area is 159 Å². The van der Waals surface area contributed by atoms with E-state index in [1.165, 1.54) is 0 Å². The number of hydrogen-bond donors (Lipinski definition) is 2. The number of hydrogen-bond acceptors (Lipinski definition) is 3. The molecular formula is C22H24N4O. The topological polar surface area (TPSA) is 84.8 Å². The van der Waals surface area contributed by atoms with Gasteiger partial charge < -0.3 is 5.73 Å². The van der Waals surface area contributed by atoms with Gasteiger partial charge >= 0.3 is 0 Å². The Morgan fingerprint density at radius 2 is 1.70 bits per heavy atom. The molecule has 5 heteroatoms. The van der Waals surface area contributed by atoms with Crippen LogP contribution in [-0.2, 0) is 13.0 Å². The molecule has 1 heterocycles. The molecule has 0 atom stereocenters. The van der Waals surface area contributed by atoms with Crippen LogP contribution >= 0.6 is 0 Å². The summed E-state index contributed by atoms with van der Waals surface area (Å²) in [5.74, 6) is 0.162. The molecule has 5 nitrogen and oxygen atoms in total. The maximum atomic E-state index is 12.8. The lowest BCUT2D eigenvalue weighted by Crippen LogP contribution is -2.10. The molecule has 0 spiro atoms. The Morgan fingerprint density at radius 3 is 2.33 bits per heavy atom. The van der Waals surface area contributed by atoms with Crippen molar-refractivity contribution in [2.75, 3.05) is 0 Å². The van der Waals surface area contributed by atoms with Crippen molar-refractivity contribution in [3.8, 4) is 0 Å². The zero-order chi connectivity index (χ0) is 19.4. The number of ketones is 1. The zero-order valence-electron chi connectivity index (χ0n) is 15.7. The number of amidine groups is 1. The van der Waals surface area contributed by atoms with E-state index in [1.807, 2.05) is 61.0 Å². The summed E-state index contributed by atoms with van der Waals surface area (Å²) in [6.07, 6.45) is 1.08. The molecule has 3 N–H and O–H groups in total. The van der Waals surface area contributed by atoms with E-state index >= 15 is 0 Å². The zero-order valence-corrected chi connectivity index (χ0v) is 15.7. The minimum absolute atomic E-state index is 0.0507. The van der Waals surface area contributed by atoms with Gasteiger partial charge in [0.05, 0.1) is 17.8 Å². The average Bonchev–Trinajstić information content (AvgIpc) is 2.94. The summed E-state index contributed by atoms with van der Waals surface area (Å²) < 4.78 is 1.90. The van der Waals surface area contributed by atoms with Crippen molar-refractivity contribution in [1.82, 2.24) is 9.78 Å². The first-order valence-corrected chi connectivity index (χ1v) is 9.00. The summed E-state index contributed by atoms with van der Waals surface area (Å²) in [6.45, 7) is 4.51. The first-order valence-electron chi connectivity index (χ1n) is 9.00. The van der Waals surface area contributed by atoms with Crippen molar-refractivity contribution >= 4 is 11.6 Å². The molecule has 0 amide bonds. The Bertz CT molecular complexity index is 956. The SMILES string of the molecule is Cc1nn(Cc2ccccc2)c(C)c1C(=O)CCc1ccc(C(=N)N)cc1. The minimum Gasteiger partial charge on any atom is -0.384 e. The van der Waals surface area contributed by atoms with Gasteiger partial charge in [0.15, 0.2) is 5.78 Å². The Morgan fingerprint density at radius 1 is 1.04 bits per heavy atom. The third kappa shape index (κ3) is 4.31. The molecule has 138 valence electrons. The van der Waals surface area contributed by atoms with Crippen molar-refractivity contribution in [3.05, 3.63) is 88.2 Å². The third-order valence-corrected chi connectivity index (χ3v) is 4.74. The van der Waals surface area contributed by atoms with Crippen LogP contribution in [0, 0.1) is 19.3 Å². The second-order valence-electron chi connectivity index (χ2n) is 6.72. The molecule has 0 radical (unpaired) electrons. The molecule has 0 aliphatic carbocycles. The number of carbonyl (C=O) groups excluding carboxylic acids is 1. The largest absolute Gasteiger partial charge is 0.384 e. The van der Waals surface area contributed by atoms with Crippen LogP contribution in [0.1, 0.15) is 44.9 Å². The number of carbonyl (C=O) groups is 1. The number of nitrogens with one attached hydrogen (secondary N) is 1. The molecule has 1 aromatic heterocycles. The van der Waals surface area contributed by atoms with Crippen molar-refractivity contribution in [2.24, 2.45) is 5.73 Å². The fraction of sp³-hybridized carbons (Fsp3) is 0.227. The number of aryl methyl sites for hydroxylation is 2. The van der Waals surface area contributed by atoms with E-state index < -0.39 is 0 Å². The van der Waals surface area contributed by atoms with E-state index in [9.17, 15) is 4.79 Å². The number of benzene rings is 2. The summed E-state index contributed by atoms with van der Waals surface area (Å²) in [4.78, 5) is 12.8. The average molecular weight is 360 g/mol. The van der Waals surface area contributed by atoms with E-state index in [0.29, 0.717) is 24.9 Å². The highest BCUT2D eigenvalue weighted by molar-refractivity contribution is 5.98. The predicted octanol–water partition coefficient (Wildman–Crippen LogP) is 3.65. The lowest BCUT2D eigenvalue weighted by atomic mass is 10.0. The first-order chi connectivity index (χ1) is 13.0. The molecule has 0 fully saturated rings. The van der Waals surface area contributed by atoms with E-state index in [4.69, 9.17) is 11.1 Å². The lowest BCUT2D eigenvalue weighted by Gasteiger charge is -2.06. The highest BCUT2D eigenvalue weighted by atomic mass is 16.1. The van der Waals surface area contributed by atoms with E-state index in [1.54, 1.807) is 0 Å². The fourth-order valence-corrected chi connectivity index (χ4v) is 3.24. The third-order valence-electron chi connectivity index (χ3n) is 4.74. The van der Waals surface area contributed by atoms with Crippen molar-refractivity contribution in [2.45, 2.75) is 33.2 Å². The molecule has 0 aliphatic rings. The predicted molar refractivity (Wildman–Crippen MR) is 107 cm³/mol. The van der Waals surface area contributed by atoms with Gasteiger partial charge in [-0.3, -0.25) is 14.9 Å². The van der Waals surface area contributed by atoms with Crippen LogP contribution in [0.15, 0.2) is 54.6 Å². The van der Waals surface area contributed by atoms with Crippen molar-refractivity contribution < 1.29 is 4.79 Å². The van der Waals surface area contributed by atoms with Crippen LogP contribution in [0.5, 0.6) is 0 Å². The number of Topliss-reactive ketones (excluding diaryl/α,β-unsaturated/α-hetero) is 1. The van der Waals surface area contributed by atoms with Crippen LogP contribution in [0.25, 0.3) is 0 Å². The molecule has 0 saturated carbocycles. The summed E-state index contributed by atoms with van der Waals surface area (Å²) >= 11 is 0. The fourth-order valence-electron chi connectivity index (χ4n) is 3.24. The van der Waals surface area contributed by atoms with Gasteiger partial charge in [0.25, 0.3) is 0 Å². The standard InChI is InChI=1S/C22H24N4O/c1-15-21(16(2)26(25-15)14-18-6-4-3-5-7-18)20(27)13-10-17-8-11-19(12-9-17)22(23)24/h3-9,11-12H,10,13-14H2,1-2H3,(H3,23,24). The Kier molecular flexibility index (Phi) is 5.50. The Hall–Kier alpha value is -3.21. The Balaban J connectivity index is 1.70. The van der Waals surface area contributed by atoms with Gasteiger partial charge in [0.2, 0.25) is 0 Å². The summed E-state index contributed by atoms with van der Waals surface area (Å²) in [5, 5.41) is 12.0. The van der Waals surface area contributed by atoms with E-state index in [-0.39, 0.29) is 11.6 Å². The van der Waals surface area contributed by atoms with Gasteiger partial charge in [-0.1, -0.05) is 54.6 Å². The second-order valence-corrected chi connectivity index (χ2v) is 6.72. The van der Waals surface area contributed by atoms with Gasteiger partial charge in [0.1, 0.15) is 5.84 Å². The van der Waals surface area contributed by atoms with Gasteiger partial charge in [-0.15, -0.1) is 0 Å². The molecule has 0 saturated heterocycles. The summed E-state index contributed by atoms with van der Waals surface area (Å²) in [5.41, 5.74) is 10.8. The van der Waals surface area contributed by atoms with Crippen LogP contribution < -0.4 is 5.73 Å². The normalized spacial score (nSPS) is 10.7. The van der Waals surface area contributed by atoms with Crippen molar-refractivity contribution in [1.29, 1.82) is 5.41 Å². The highest BCUT2D eigenvalue weighted by Gasteiger charge is 2.18. The van der Waals surface area contributed by atoms with Gasteiger partial charge in [0, 0.05) is 17.7 Å². The van der Waals surface area contributed by atoms with Gasteiger partial charge in [-0.2, -0.15) is 5.10 Å². The molecule has 2 aromatic carbocycles. The summed E-state index contributed by atoms with van der Waals surface area (Å²) in [7, 11) is 0. The highest BCUT2D eigenvalue weighted by Crippen LogP contribution is 2.18. The molecule has 0 aliphatic heterocycles. The maximum Gasteiger partial charge on any atom is 0.166 e. The van der Waals surface area contributed by atoms with Crippen LogP contribution in [0.2, 0.25) is 0 Å². The molecule has 3 aromatic rings. The second kappa shape index (κ2) is 7.99. The van der Waals surface area contributed by atoms with Crippen LogP contribution in [0.3, 0.4) is 0 Å². The quantitative estimate of drug-likeness (QED) is 0.383. The minimum atomic E-state index is 0.0507. The van der Waals surface area contributed by atoms with Gasteiger partial charge in [-0.05, 0) is 31.4 Å². The first kappa shape index (κ1) is 18.6. The molecule has 3 rings (SSSR count). The van der Waals surface area contributed by atoms with Crippen LogP contribution in [0.4, 0.5) is 0 Å². The smallest absolute Gasteiger partial charge is 0.166 e. The number of aromatic nitrogens is 2. The lowest BCUT2D eigenvalue weighted by molar-refractivity contribution is 0.0981. The molecular weight excluding hydrogens is 336 g/mol. The molecule has 27 heavy (non-hydrogen) atoms. The van der Waals surface area contributed by atoms with Gasteiger partial charge in [-0.25, -0.2) is 0 Å². The van der Waals surface area contributed by atoms with E-state index in [2.05, 4.69) is 17.2 Å². The monoisotopic (exact) mass is 360 g/mol. The molecule has 0 unspecified atom stereocenters. The number of nitrogens with zero attached hydrogens (tertiary/aromatic N) is 2.